The summed E-state index contributed by atoms with van der Waals surface area (Å²) in [4.78, 5) is 7.17. The van der Waals surface area contributed by atoms with Crippen molar-refractivity contribution >= 4 is 5.71 Å². The van der Waals surface area contributed by atoms with Gasteiger partial charge in [0.2, 0.25) is 0 Å². The van der Waals surface area contributed by atoms with Crippen LogP contribution in [0.3, 0.4) is 0 Å². The highest BCUT2D eigenvalue weighted by Crippen LogP contribution is 2.18. The molecule has 2 nitrogen and oxygen atoms in total. The summed E-state index contributed by atoms with van der Waals surface area (Å²) in [6, 6.07) is 6.68. The van der Waals surface area contributed by atoms with Crippen LogP contribution in [0.2, 0.25) is 0 Å². The summed E-state index contributed by atoms with van der Waals surface area (Å²) >= 11 is 0. The van der Waals surface area contributed by atoms with E-state index in [9.17, 15) is 0 Å². The summed E-state index contributed by atoms with van der Waals surface area (Å²) in [7, 11) is 0. The van der Waals surface area contributed by atoms with Crippen LogP contribution in [0.1, 0.15) is 56.2 Å². The van der Waals surface area contributed by atoms with E-state index < -0.39 is 0 Å². The number of nitrogens with zero attached hydrogens (tertiary/aromatic N) is 2. The Labute approximate surface area is 130 Å². The number of hydrogen-bond acceptors (Lipinski definition) is 2. The Hall–Kier alpha value is -1.15. The molecule has 1 fully saturated rings. The Morgan fingerprint density at radius 2 is 1.95 bits per heavy atom. The monoisotopic (exact) mass is 286 g/mol. The van der Waals surface area contributed by atoms with Gasteiger partial charge < -0.3 is 4.90 Å². The number of rotatable bonds is 7. The van der Waals surface area contributed by atoms with Crippen molar-refractivity contribution < 1.29 is 0 Å². The van der Waals surface area contributed by atoms with Gasteiger partial charge in [-0.25, -0.2) is 0 Å². The van der Waals surface area contributed by atoms with E-state index in [1.807, 2.05) is 0 Å². The van der Waals surface area contributed by atoms with E-state index in [1.165, 1.54) is 74.1 Å². The number of benzene rings is 1. The molecule has 0 unspecified atom stereocenters. The van der Waals surface area contributed by atoms with Crippen molar-refractivity contribution in [2.45, 2.75) is 52.9 Å². The highest BCUT2D eigenvalue weighted by atomic mass is 15.1. The molecule has 0 bridgehead atoms. The van der Waals surface area contributed by atoms with Crippen molar-refractivity contribution in [3.63, 3.8) is 0 Å². The van der Waals surface area contributed by atoms with Crippen LogP contribution in [0.25, 0.3) is 0 Å². The molecule has 1 aromatic carbocycles. The Morgan fingerprint density at radius 3 is 2.67 bits per heavy atom. The third kappa shape index (κ3) is 4.67. The molecule has 2 heteroatoms. The molecule has 0 amide bonds. The number of aliphatic imine (C=N–C) groups is 1. The van der Waals surface area contributed by atoms with Crippen LogP contribution in [-0.4, -0.2) is 36.8 Å². The second-order valence-corrected chi connectivity index (χ2v) is 6.16. The maximum absolute atomic E-state index is 4.56. The molecule has 1 aliphatic heterocycles. The first kappa shape index (κ1) is 16.2. The molecular formula is C19H30N2. The molecule has 0 N–H and O–H groups in total. The normalized spacial score (nSPS) is 16.6. The zero-order valence-corrected chi connectivity index (χ0v) is 14.0. The maximum atomic E-state index is 4.56. The van der Waals surface area contributed by atoms with Crippen molar-refractivity contribution in [2.75, 3.05) is 26.2 Å². The molecule has 0 aliphatic carbocycles. The molecule has 0 atom stereocenters. The van der Waals surface area contributed by atoms with Gasteiger partial charge in [-0.1, -0.05) is 18.2 Å². The minimum absolute atomic E-state index is 0.866. The van der Waals surface area contributed by atoms with Crippen molar-refractivity contribution in [3.05, 3.63) is 34.9 Å². The van der Waals surface area contributed by atoms with Crippen LogP contribution < -0.4 is 0 Å². The van der Waals surface area contributed by atoms with E-state index in [4.69, 9.17) is 0 Å². The first-order chi connectivity index (χ1) is 10.2. The predicted octanol–water partition coefficient (Wildman–Crippen LogP) is 4.24. The fourth-order valence-electron chi connectivity index (χ4n) is 3.33. The minimum atomic E-state index is 0.866. The Bertz CT molecular complexity index is 470. The lowest BCUT2D eigenvalue weighted by molar-refractivity contribution is 0.330. The van der Waals surface area contributed by atoms with Gasteiger partial charge in [0.1, 0.15) is 0 Å². The molecule has 0 saturated carbocycles. The van der Waals surface area contributed by atoms with E-state index in [-0.39, 0.29) is 0 Å². The molecule has 2 rings (SSSR count). The van der Waals surface area contributed by atoms with Gasteiger partial charge in [-0.15, -0.1) is 0 Å². The second kappa shape index (κ2) is 8.33. The summed E-state index contributed by atoms with van der Waals surface area (Å²) in [5.41, 5.74) is 5.43. The van der Waals surface area contributed by atoms with Gasteiger partial charge in [0, 0.05) is 12.3 Å². The lowest BCUT2D eigenvalue weighted by Gasteiger charge is -2.15. The fraction of sp³-hybridized carbons (Fsp3) is 0.632. The summed E-state index contributed by atoms with van der Waals surface area (Å²) in [5.74, 6) is 0. The quantitative estimate of drug-likeness (QED) is 0.540. The molecular weight excluding hydrogens is 256 g/mol. The van der Waals surface area contributed by atoms with Crippen LogP contribution in [0.15, 0.2) is 23.2 Å². The van der Waals surface area contributed by atoms with E-state index >= 15 is 0 Å². The zero-order valence-electron chi connectivity index (χ0n) is 14.0. The van der Waals surface area contributed by atoms with E-state index in [0.29, 0.717) is 0 Å². The van der Waals surface area contributed by atoms with E-state index in [1.54, 1.807) is 0 Å². The predicted molar refractivity (Wildman–Crippen MR) is 92.5 cm³/mol. The standard InChI is InChI=1S/C19H30N2/c1-4-20-17(3)19-12-9-11-18(16(19)2)10-5-6-13-21-14-7-8-15-21/h9,11-12H,4-8,10,13-15H2,1-3H3/b20-17-. The van der Waals surface area contributed by atoms with Gasteiger partial charge in [0.15, 0.2) is 0 Å². The molecule has 1 aromatic rings. The molecule has 116 valence electrons. The Morgan fingerprint density at radius 1 is 1.19 bits per heavy atom. The first-order valence-corrected chi connectivity index (χ1v) is 8.54. The third-order valence-corrected chi connectivity index (χ3v) is 4.60. The molecule has 1 saturated heterocycles. The molecule has 21 heavy (non-hydrogen) atoms. The van der Waals surface area contributed by atoms with Crippen molar-refractivity contribution in [3.8, 4) is 0 Å². The highest BCUT2D eigenvalue weighted by Gasteiger charge is 2.11. The Balaban J connectivity index is 1.88. The van der Waals surface area contributed by atoms with Crippen LogP contribution in [0.5, 0.6) is 0 Å². The average molecular weight is 286 g/mol. The van der Waals surface area contributed by atoms with Crippen LogP contribution in [0, 0.1) is 6.92 Å². The SMILES string of the molecule is CC/N=C(/C)c1cccc(CCCCN2CCCC2)c1C. The summed E-state index contributed by atoms with van der Waals surface area (Å²) in [5, 5.41) is 0. The summed E-state index contributed by atoms with van der Waals surface area (Å²) in [6.45, 7) is 11.3. The molecule has 1 aliphatic rings. The fourth-order valence-corrected chi connectivity index (χ4v) is 3.33. The van der Waals surface area contributed by atoms with Gasteiger partial charge in [-0.05, 0) is 89.2 Å². The number of hydrogen-bond donors (Lipinski definition) is 0. The summed E-state index contributed by atoms with van der Waals surface area (Å²) in [6.07, 6.45) is 6.62. The van der Waals surface area contributed by atoms with Crippen LogP contribution >= 0.6 is 0 Å². The van der Waals surface area contributed by atoms with Crippen molar-refractivity contribution in [2.24, 2.45) is 4.99 Å². The van der Waals surface area contributed by atoms with Gasteiger partial charge in [-0.2, -0.15) is 0 Å². The van der Waals surface area contributed by atoms with Crippen LogP contribution in [-0.2, 0) is 6.42 Å². The first-order valence-electron chi connectivity index (χ1n) is 8.54. The number of aryl methyl sites for hydroxylation is 1. The zero-order chi connectivity index (χ0) is 15.1. The van der Waals surface area contributed by atoms with E-state index in [0.717, 1.165) is 6.54 Å². The Kier molecular flexibility index (Phi) is 6.44. The molecule has 0 spiro atoms. The van der Waals surface area contributed by atoms with Crippen LogP contribution in [0.4, 0.5) is 0 Å². The molecule has 0 aromatic heterocycles. The van der Waals surface area contributed by atoms with Gasteiger partial charge in [-0.3, -0.25) is 4.99 Å². The molecule has 0 radical (unpaired) electrons. The van der Waals surface area contributed by atoms with Crippen molar-refractivity contribution in [1.82, 2.24) is 4.90 Å². The second-order valence-electron chi connectivity index (χ2n) is 6.16. The number of likely N-dealkylation sites (tertiary alicyclic amines) is 1. The highest BCUT2D eigenvalue weighted by molar-refractivity contribution is 6.00. The minimum Gasteiger partial charge on any atom is -0.303 e. The van der Waals surface area contributed by atoms with Gasteiger partial charge in [0.05, 0.1) is 0 Å². The third-order valence-electron chi connectivity index (χ3n) is 4.60. The smallest absolute Gasteiger partial charge is 0.0392 e. The van der Waals surface area contributed by atoms with Gasteiger partial charge >= 0.3 is 0 Å². The summed E-state index contributed by atoms with van der Waals surface area (Å²) < 4.78 is 0. The number of unbranched alkanes of at least 4 members (excludes halogenated alkanes) is 1. The lowest BCUT2D eigenvalue weighted by atomic mass is 9.96. The average Bonchev–Trinajstić information content (AvgIpc) is 2.98. The largest absolute Gasteiger partial charge is 0.303 e. The van der Waals surface area contributed by atoms with E-state index in [2.05, 4.69) is 48.9 Å². The van der Waals surface area contributed by atoms with Gasteiger partial charge in [0.25, 0.3) is 0 Å². The topological polar surface area (TPSA) is 15.6 Å². The van der Waals surface area contributed by atoms with Crippen molar-refractivity contribution in [1.29, 1.82) is 0 Å². The lowest BCUT2D eigenvalue weighted by Crippen LogP contribution is -2.20. The molecule has 1 heterocycles. The maximum Gasteiger partial charge on any atom is 0.0392 e.